The van der Waals surface area contributed by atoms with Crippen molar-refractivity contribution in [2.75, 3.05) is 13.7 Å². The van der Waals surface area contributed by atoms with Crippen LogP contribution >= 0.6 is 0 Å². The molecule has 14 heavy (non-hydrogen) atoms. The van der Waals surface area contributed by atoms with E-state index in [0.717, 1.165) is 6.42 Å². The molecule has 0 amide bonds. The van der Waals surface area contributed by atoms with Crippen LogP contribution in [0.4, 0.5) is 0 Å². The third-order valence-electron chi connectivity index (χ3n) is 2.90. The lowest BCUT2D eigenvalue weighted by atomic mass is 9.86. The van der Waals surface area contributed by atoms with Gasteiger partial charge >= 0.3 is 0 Å². The Labute approximate surface area is 86.0 Å². The average Bonchev–Trinajstić information content (AvgIpc) is 2.18. The molecule has 0 fully saturated rings. The normalized spacial score (nSPS) is 15.1. The van der Waals surface area contributed by atoms with Gasteiger partial charge in [-0.15, -0.1) is 0 Å². The minimum Gasteiger partial charge on any atom is -0.396 e. The number of aliphatic hydroxyl groups excluding tert-OH is 1. The van der Waals surface area contributed by atoms with Gasteiger partial charge in [-0.2, -0.15) is 0 Å². The van der Waals surface area contributed by atoms with Crippen LogP contribution in [0, 0.1) is 6.92 Å². The largest absolute Gasteiger partial charge is 0.396 e. The van der Waals surface area contributed by atoms with Crippen molar-refractivity contribution in [3.8, 4) is 0 Å². The summed E-state index contributed by atoms with van der Waals surface area (Å²) in [6, 6.07) is 8.28. The van der Waals surface area contributed by atoms with Crippen LogP contribution in [0.2, 0.25) is 0 Å². The molecule has 0 heterocycles. The Kier molecular flexibility index (Phi) is 3.67. The zero-order valence-corrected chi connectivity index (χ0v) is 9.17. The lowest BCUT2D eigenvalue weighted by Crippen LogP contribution is -2.38. The Morgan fingerprint density at radius 1 is 1.36 bits per heavy atom. The van der Waals surface area contributed by atoms with E-state index in [4.69, 9.17) is 5.11 Å². The second-order valence-electron chi connectivity index (χ2n) is 3.87. The maximum atomic E-state index is 9.05. The highest BCUT2D eigenvalue weighted by molar-refractivity contribution is 5.32. The van der Waals surface area contributed by atoms with Crippen molar-refractivity contribution in [3.05, 3.63) is 35.4 Å². The van der Waals surface area contributed by atoms with Crippen LogP contribution in [-0.4, -0.2) is 18.8 Å². The monoisotopic (exact) mass is 193 g/mol. The third-order valence-corrected chi connectivity index (χ3v) is 2.90. The van der Waals surface area contributed by atoms with Crippen molar-refractivity contribution < 1.29 is 5.11 Å². The van der Waals surface area contributed by atoms with Gasteiger partial charge in [-0.3, -0.25) is 0 Å². The summed E-state index contributed by atoms with van der Waals surface area (Å²) in [6.45, 7) is 4.42. The van der Waals surface area contributed by atoms with Gasteiger partial charge in [-0.1, -0.05) is 24.3 Å². The predicted molar refractivity (Wildman–Crippen MR) is 59.3 cm³/mol. The summed E-state index contributed by atoms with van der Waals surface area (Å²) in [5, 5.41) is 12.3. The number of hydrogen-bond donors (Lipinski definition) is 2. The van der Waals surface area contributed by atoms with Gasteiger partial charge in [-0.05, 0) is 38.4 Å². The molecule has 0 radical (unpaired) electrons. The van der Waals surface area contributed by atoms with Gasteiger partial charge < -0.3 is 10.4 Å². The first-order chi connectivity index (χ1) is 6.64. The molecule has 78 valence electrons. The van der Waals surface area contributed by atoms with Gasteiger partial charge in [0.2, 0.25) is 0 Å². The molecular formula is C12H19NO. The first-order valence-corrected chi connectivity index (χ1v) is 5.00. The lowest BCUT2D eigenvalue weighted by molar-refractivity contribution is 0.228. The van der Waals surface area contributed by atoms with Crippen LogP contribution < -0.4 is 5.32 Å². The lowest BCUT2D eigenvalue weighted by Gasteiger charge is -2.30. The molecule has 0 spiro atoms. The van der Waals surface area contributed by atoms with Crippen molar-refractivity contribution in [3.63, 3.8) is 0 Å². The Hall–Kier alpha value is -0.860. The summed E-state index contributed by atoms with van der Waals surface area (Å²) in [7, 11) is 1.93. The molecule has 1 aromatic rings. The van der Waals surface area contributed by atoms with Gasteiger partial charge in [0.25, 0.3) is 0 Å². The standard InChI is InChI=1S/C12H19NO/c1-10-6-4-5-7-11(10)12(2,13-3)8-9-14/h4-7,13-14H,8-9H2,1-3H3. The molecule has 2 N–H and O–H groups in total. The Bertz CT molecular complexity index is 298. The van der Waals surface area contributed by atoms with Crippen molar-refractivity contribution in [1.82, 2.24) is 5.32 Å². The number of rotatable bonds is 4. The maximum absolute atomic E-state index is 9.05. The molecular weight excluding hydrogens is 174 g/mol. The summed E-state index contributed by atoms with van der Waals surface area (Å²) in [5.41, 5.74) is 2.40. The van der Waals surface area contributed by atoms with E-state index in [1.54, 1.807) is 0 Å². The summed E-state index contributed by atoms with van der Waals surface area (Å²) in [6.07, 6.45) is 0.731. The minimum absolute atomic E-state index is 0.125. The number of hydrogen-bond acceptors (Lipinski definition) is 2. The Balaban J connectivity index is 3.05. The molecule has 1 unspecified atom stereocenters. The first kappa shape index (κ1) is 11.2. The van der Waals surface area contributed by atoms with E-state index < -0.39 is 0 Å². The van der Waals surface area contributed by atoms with E-state index in [1.807, 2.05) is 19.2 Å². The van der Waals surface area contributed by atoms with E-state index in [2.05, 4.69) is 31.3 Å². The van der Waals surface area contributed by atoms with Crippen LogP contribution in [0.15, 0.2) is 24.3 Å². The fourth-order valence-electron chi connectivity index (χ4n) is 1.81. The van der Waals surface area contributed by atoms with Crippen LogP contribution in [0.5, 0.6) is 0 Å². The Morgan fingerprint density at radius 3 is 2.50 bits per heavy atom. The molecule has 2 heteroatoms. The molecule has 0 aliphatic heterocycles. The molecule has 0 aliphatic rings. The van der Waals surface area contributed by atoms with E-state index in [-0.39, 0.29) is 12.1 Å². The molecule has 2 nitrogen and oxygen atoms in total. The molecule has 0 saturated carbocycles. The molecule has 0 aromatic heterocycles. The summed E-state index contributed by atoms with van der Waals surface area (Å²) < 4.78 is 0. The summed E-state index contributed by atoms with van der Waals surface area (Å²) >= 11 is 0. The second kappa shape index (κ2) is 4.58. The van der Waals surface area contributed by atoms with Gasteiger partial charge in [0, 0.05) is 12.1 Å². The van der Waals surface area contributed by atoms with E-state index in [1.165, 1.54) is 11.1 Å². The minimum atomic E-state index is -0.125. The van der Waals surface area contributed by atoms with E-state index in [9.17, 15) is 0 Å². The molecule has 1 aromatic carbocycles. The van der Waals surface area contributed by atoms with Gasteiger partial charge in [-0.25, -0.2) is 0 Å². The van der Waals surface area contributed by atoms with Gasteiger partial charge in [0.15, 0.2) is 0 Å². The number of nitrogens with one attached hydrogen (secondary N) is 1. The number of benzene rings is 1. The summed E-state index contributed by atoms with van der Waals surface area (Å²) in [4.78, 5) is 0. The fraction of sp³-hybridized carbons (Fsp3) is 0.500. The first-order valence-electron chi connectivity index (χ1n) is 5.00. The van der Waals surface area contributed by atoms with Crippen molar-refractivity contribution in [2.24, 2.45) is 0 Å². The van der Waals surface area contributed by atoms with Crippen LogP contribution in [-0.2, 0) is 5.54 Å². The van der Waals surface area contributed by atoms with Crippen molar-refractivity contribution in [1.29, 1.82) is 0 Å². The van der Waals surface area contributed by atoms with Gasteiger partial charge in [0.1, 0.15) is 0 Å². The third kappa shape index (κ3) is 2.14. The zero-order valence-electron chi connectivity index (χ0n) is 9.17. The van der Waals surface area contributed by atoms with Crippen LogP contribution in [0.25, 0.3) is 0 Å². The maximum Gasteiger partial charge on any atom is 0.0451 e. The fourth-order valence-corrected chi connectivity index (χ4v) is 1.81. The topological polar surface area (TPSA) is 32.3 Å². The molecule has 0 bridgehead atoms. The number of aliphatic hydroxyl groups is 1. The molecule has 0 aliphatic carbocycles. The highest BCUT2D eigenvalue weighted by Gasteiger charge is 2.24. The quantitative estimate of drug-likeness (QED) is 0.764. The van der Waals surface area contributed by atoms with Crippen molar-refractivity contribution in [2.45, 2.75) is 25.8 Å². The smallest absolute Gasteiger partial charge is 0.0451 e. The zero-order chi connectivity index (χ0) is 10.6. The highest BCUT2D eigenvalue weighted by Crippen LogP contribution is 2.26. The van der Waals surface area contributed by atoms with Crippen LogP contribution in [0.3, 0.4) is 0 Å². The van der Waals surface area contributed by atoms with Crippen molar-refractivity contribution >= 4 is 0 Å². The highest BCUT2D eigenvalue weighted by atomic mass is 16.3. The summed E-state index contributed by atoms with van der Waals surface area (Å²) in [5.74, 6) is 0. The van der Waals surface area contributed by atoms with E-state index >= 15 is 0 Å². The average molecular weight is 193 g/mol. The van der Waals surface area contributed by atoms with E-state index in [0.29, 0.717) is 0 Å². The second-order valence-corrected chi connectivity index (χ2v) is 3.87. The number of aryl methyl sites for hydroxylation is 1. The Morgan fingerprint density at radius 2 is 2.00 bits per heavy atom. The SMILES string of the molecule is CNC(C)(CCO)c1ccccc1C. The molecule has 1 atom stereocenters. The molecule has 0 saturated heterocycles. The van der Waals surface area contributed by atoms with Gasteiger partial charge in [0.05, 0.1) is 0 Å². The molecule has 1 rings (SSSR count). The predicted octanol–water partition coefficient (Wildman–Crippen LogP) is 1.81. The van der Waals surface area contributed by atoms with Crippen LogP contribution in [0.1, 0.15) is 24.5 Å².